The summed E-state index contributed by atoms with van der Waals surface area (Å²) in [5.41, 5.74) is 4.65. The van der Waals surface area contributed by atoms with Gasteiger partial charge >= 0.3 is 4.87 Å². The molecule has 10 nitrogen and oxygen atoms in total. The second-order valence-electron chi connectivity index (χ2n) is 6.38. The lowest BCUT2D eigenvalue weighted by atomic mass is 10.2. The maximum Gasteiger partial charge on any atom is 0.311 e. The number of aliphatic hydroxyl groups is 1. The summed E-state index contributed by atoms with van der Waals surface area (Å²) in [5.74, 6) is -0.249. The first-order valence-corrected chi connectivity index (χ1v) is 10.1. The lowest BCUT2D eigenvalue weighted by Gasteiger charge is -2.20. The van der Waals surface area contributed by atoms with Crippen LogP contribution in [0.15, 0.2) is 9.59 Å². The van der Waals surface area contributed by atoms with E-state index < -0.39 is 33.5 Å². The number of fused-ring (bicyclic) bond motifs is 1. The number of amides is 1. The maximum absolute atomic E-state index is 12.6. The highest BCUT2D eigenvalue weighted by Gasteiger charge is 2.42. The highest BCUT2D eigenvalue weighted by molar-refractivity contribution is 8.00. The first kappa shape index (κ1) is 19.9. The van der Waals surface area contributed by atoms with Crippen molar-refractivity contribution in [1.82, 2.24) is 19.4 Å². The molecule has 1 fully saturated rings. The highest BCUT2D eigenvalue weighted by Crippen LogP contribution is 2.43. The third-order valence-corrected chi connectivity index (χ3v) is 6.64. The predicted octanol–water partition coefficient (Wildman–Crippen LogP) is -0.0656. The molecular formula is C15H21N5O5S2. The molecule has 3 heterocycles. The third kappa shape index (κ3) is 3.74. The van der Waals surface area contributed by atoms with E-state index in [1.54, 1.807) is 14.1 Å². The number of thiazole rings is 1. The van der Waals surface area contributed by atoms with Gasteiger partial charge in [-0.3, -0.25) is 23.9 Å². The van der Waals surface area contributed by atoms with Crippen molar-refractivity contribution < 1.29 is 14.6 Å². The van der Waals surface area contributed by atoms with Crippen LogP contribution in [0.2, 0.25) is 0 Å². The van der Waals surface area contributed by atoms with Crippen LogP contribution in [0, 0.1) is 0 Å². The zero-order chi connectivity index (χ0) is 19.9. The number of hydrogen-bond donors (Lipinski definition) is 3. The summed E-state index contributed by atoms with van der Waals surface area (Å²) in [4.78, 5) is 44.4. The van der Waals surface area contributed by atoms with Gasteiger partial charge in [-0.15, -0.1) is 11.8 Å². The number of carbonyl (C=O) groups is 1. The molecule has 0 unspecified atom stereocenters. The van der Waals surface area contributed by atoms with Crippen LogP contribution < -0.4 is 16.2 Å². The SMILES string of the molecule is CC[C@H](O)[C@@H]1O[C@@H](n2c(=O)sc3c(=O)[nH]c(N)nc32)[C@H](CC(=O)N(C)C)S1. The topological polar surface area (TPSA) is 144 Å². The smallest absolute Gasteiger partial charge is 0.311 e. The number of H-pyrrole nitrogens is 1. The number of rotatable bonds is 5. The van der Waals surface area contributed by atoms with Gasteiger partial charge in [0.05, 0.1) is 11.4 Å². The van der Waals surface area contributed by atoms with Crippen molar-refractivity contribution in [3.8, 4) is 0 Å². The molecule has 0 spiro atoms. The maximum atomic E-state index is 12.6. The summed E-state index contributed by atoms with van der Waals surface area (Å²) in [6.07, 6.45) is -1.03. The summed E-state index contributed by atoms with van der Waals surface area (Å²) < 4.78 is 7.34. The van der Waals surface area contributed by atoms with Crippen molar-refractivity contribution in [2.24, 2.45) is 0 Å². The van der Waals surface area contributed by atoms with Crippen LogP contribution in [-0.2, 0) is 9.53 Å². The van der Waals surface area contributed by atoms with Crippen LogP contribution in [0.3, 0.4) is 0 Å². The number of aromatic nitrogens is 3. The average molecular weight is 415 g/mol. The monoisotopic (exact) mass is 415 g/mol. The molecule has 0 radical (unpaired) electrons. The van der Waals surface area contributed by atoms with E-state index in [2.05, 4.69) is 9.97 Å². The second-order valence-corrected chi connectivity index (χ2v) is 8.68. The van der Waals surface area contributed by atoms with Gasteiger partial charge in [0.1, 0.15) is 10.1 Å². The number of nitrogens with one attached hydrogen (secondary N) is 1. The number of anilines is 1. The number of carbonyl (C=O) groups excluding carboxylic acids is 1. The first-order valence-electron chi connectivity index (χ1n) is 8.32. The zero-order valence-corrected chi connectivity index (χ0v) is 16.7. The number of hydrogen-bond acceptors (Lipinski definition) is 9. The van der Waals surface area contributed by atoms with Gasteiger partial charge in [-0.05, 0) is 6.42 Å². The Morgan fingerprint density at radius 1 is 1.48 bits per heavy atom. The fourth-order valence-electron chi connectivity index (χ4n) is 2.77. The molecule has 1 aliphatic rings. The van der Waals surface area contributed by atoms with Crippen LogP contribution in [0.1, 0.15) is 26.0 Å². The molecule has 12 heteroatoms. The van der Waals surface area contributed by atoms with E-state index >= 15 is 0 Å². The van der Waals surface area contributed by atoms with Gasteiger partial charge in [0, 0.05) is 20.5 Å². The predicted molar refractivity (Wildman–Crippen MR) is 104 cm³/mol. The van der Waals surface area contributed by atoms with E-state index in [9.17, 15) is 19.5 Å². The third-order valence-electron chi connectivity index (χ3n) is 4.25. The number of nitrogen functional groups attached to an aromatic ring is 1. The molecule has 148 valence electrons. The fourth-order valence-corrected chi connectivity index (χ4v) is 5.07. The molecule has 1 aliphatic heterocycles. The van der Waals surface area contributed by atoms with Crippen molar-refractivity contribution in [2.45, 2.75) is 42.8 Å². The minimum absolute atomic E-state index is 0.109. The van der Waals surface area contributed by atoms with Gasteiger partial charge < -0.3 is 20.5 Å². The van der Waals surface area contributed by atoms with E-state index in [-0.39, 0.29) is 28.6 Å². The van der Waals surface area contributed by atoms with E-state index in [1.807, 2.05) is 6.92 Å². The molecule has 0 saturated carbocycles. The molecule has 27 heavy (non-hydrogen) atoms. The molecule has 0 bridgehead atoms. The molecule has 1 amide bonds. The Morgan fingerprint density at radius 3 is 2.81 bits per heavy atom. The van der Waals surface area contributed by atoms with Crippen LogP contribution in [0.5, 0.6) is 0 Å². The van der Waals surface area contributed by atoms with Gasteiger partial charge in [0.25, 0.3) is 5.56 Å². The Kier molecular flexibility index (Phi) is 5.60. The number of nitrogens with zero attached hydrogens (tertiary/aromatic N) is 3. The van der Waals surface area contributed by atoms with Crippen LogP contribution in [-0.4, -0.2) is 61.3 Å². The van der Waals surface area contributed by atoms with Crippen molar-refractivity contribution in [2.75, 3.05) is 19.8 Å². The summed E-state index contributed by atoms with van der Waals surface area (Å²) in [7, 11) is 3.29. The van der Waals surface area contributed by atoms with Gasteiger partial charge in [-0.25, -0.2) is 0 Å². The fraction of sp³-hybridized carbons (Fsp3) is 0.600. The first-order chi connectivity index (χ1) is 12.7. The van der Waals surface area contributed by atoms with Gasteiger partial charge in [-0.1, -0.05) is 18.3 Å². The molecule has 3 rings (SSSR count). The standard InChI is InChI=1S/C15H21N5O5S2/c1-4-6(21)13-25-12(7(26-13)5-8(22)19(2)3)20-10-9(27-15(20)24)11(23)18-14(16)17-10/h6-7,12-13,21H,4-5H2,1-3H3,(H3,16,17,18,23)/t6-,7-,12+,13+/m0/s1. The Bertz CT molecular complexity index is 968. The Labute approximate surface area is 162 Å². The molecule has 2 aromatic rings. The van der Waals surface area contributed by atoms with Crippen LogP contribution >= 0.6 is 23.1 Å². The number of aromatic amines is 1. The Balaban J connectivity index is 2.07. The molecular weight excluding hydrogens is 394 g/mol. The lowest BCUT2D eigenvalue weighted by Crippen LogP contribution is -2.32. The summed E-state index contributed by atoms with van der Waals surface area (Å²) >= 11 is 2.04. The van der Waals surface area contributed by atoms with E-state index in [4.69, 9.17) is 10.5 Å². The summed E-state index contributed by atoms with van der Waals surface area (Å²) in [5, 5.41) is 9.76. The van der Waals surface area contributed by atoms with Crippen LogP contribution in [0.4, 0.5) is 5.95 Å². The van der Waals surface area contributed by atoms with Crippen molar-refractivity contribution in [1.29, 1.82) is 0 Å². The quantitative estimate of drug-likeness (QED) is 0.616. The summed E-state index contributed by atoms with van der Waals surface area (Å²) in [6, 6.07) is 0. The lowest BCUT2D eigenvalue weighted by molar-refractivity contribution is -0.129. The molecule has 0 aliphatic carbocycles. The van der Waals surface area contributed by atoms with Gasteiger partial charge in [-0.2, -0.15) is 4.98 Å². The molecule has 0 aromatic carbocycles. The zero-order valence-electron chi connectivity index (χ0n) is 15.0. The van der Waals surface area contributed by atoms with Gasteiger partial charge in [0.15, 0.2) is 11.9 Å². The van der Waals surface area contributed by atoms with Crippen molar-refractivity contribution in [3.05, 3.63) is 20.0 Å². The van der Waals surface area contributed by atoms with E-state index in [0.29, 0.717) is 6.42 Å². The minimum Gasteiger partial charge on any atom is -0.390 e. The largest absolute Gasteiger partial charge is 0.390 e. The normalized spacial score (nSPS) is 23.6. The molecule has 4 N–H and O–H groups in total. The van der Waals surface area contributed by atoms with Crippen molar-refractivity contribution >= 4 is 45.3 Å². The average Bonchev–Trinajstić information content (AvgIpc) is 3.14. The Morgan fingerprint density at radius 2 is 2.19 bits per heavy atom. The molecule has 2 aromatic heterocycles. The Hall–Kier alpha value is -1.89. The van der Waals surface area contributed by atoms with E-state index in [1.165, 1.54) is 21.2 Å². The highest BCUT2D eigenvalue weighted by atomic mass is 32.2. The number of aliphatic hydroxyl groups excluding tert-OH is 1. The van der Waals surface area contributed by atoms with E-state index in [0.717, 1.165) is 11.3 Å². The number of ether oxygens (including phenoxy) is 1. The number of nitrogens with two attached hydrogens (primary N) is 1. The second kappa shape index (κ2) is 7.62. The minimum atomic E-state index is -0.847. The number of thioether (sulfide) groups is 1. The molecule has 1 saturated heterocycles. The van der Waals surface area contributed by atoms with Gasteiger partial charge in [0.2, 0.25) is 11.9 Å². The molecule has 4 atom stereocenters. The summed E-state index contributed by atoms with van der Waals surface area (Å²) in [6.45, 7) is 1.82. The van der Waals surface area contributed by atoms with Crippen LogP contribution in [0.25, 0.3) is 10.3 Å². The van der Waals surface area contributed by atoms with Crippen molar-refractivity contribution in [3.63, 3.8) is 0 Å².